The van der Waals surface area contributed by atoms with Crippen molar-refractivity contribution in [1.29, 1.82) is 0 Å². The topological polar surface area (TPSA) is 55.1 Å². The Bertz CT molecular complexity index is 541. The number of aryl methyl sites for hydroxylation is 1. The predicted molar refractivity (Wildman–Crippen MR) is 87.0 cm³/mol. The zero-order chi connectivity index (χ0) is 15.2. The first-order valence-electron chi connectivity index (χ1n) is 6.52. The lowest BCUT2D eigenvalue weighted by atomic mass is 10.1. The Balaban J connectivity index is 2.85. The number of nitrogens with two attached hydrogens (primary N) is 1. The van der Waals surface area contributed by atoms with Gasteiger partial charge in [0.1, 0.15) is 0 Å². The molecule has 0 aromatic heterocycles. The summed E-state index contributed by atoms with van der Waals surface area (Å²) in [6.07, 6.45) is 2.04. The van der Waals surface area contributed by atoms with Gasteiger partial charge in [0.05, 0.1) is 6.54 Å². The van der Waals surface area contributed by atoms with Crippen molar-refractivity contribution >= 4 is 17.7 Å². The van der Waals surface area contributed by atoms with E-state index in [-0.39, 0.29) is 10.7 Å². The minimum atomic E-state index is -0.0633. The van der Waals surface area contributed by atoms with E-state index in [2.05, 4.69) is 31.0 Å². The first-order chi connectivity index (χ1) is 9.38. The molecule has 0 aliphatic heterocycles. The summed E-state index contributed by atoms with van der Waals surface area (Å²) in [6, 6.07) is 5.62. The van der Waals surface area contributed by atoms with Gasteiger partial charge in [0.25, 0.3) is 5.91 Å². The second-order valence-electron chi connectivity index (χ2n) is 5.24. The van der Waals surface area contributed by atoms with Gasteiger partial charge in [0, 0.05) is 22.4 Å². The van der Waals surface area contributed by atoms with Crippen molar-refractivity contribution in [3.05, 3.63) is 34.9 Å². The molecule has 1 amide bonds. The Hall–Kier alpha value is -1.44. The van der Waals surface area contributed by atoms with Crippen molar-refractivity contribution in [3.8, 4) is 11.8 Å². The van der Waals surface area contributed by atoms with E-state index in [9.17, 15) is 4.79 Å². The summed E-state index contributed by atoms with van der Waals surface area (Å²) >= 11 is 1.73. The number of nitrogens with one attached hydrogen (secondary N) is 1. The van der Waals surface area contributed by atoms with Crippen molar-refractivity contribution in [2.45, 2.75) is 25.5 Å². The minimum absolute atomic E-state index is 0.0294. The minimum Gasteiger partial charge on any atom is -0.351 e. The Kier molecular flexibility index (Phi) is 6.12. The van der Waals surface area contributed by atoms with E-state index in [1.807, 2.05) is 25.3 Å². The molecule has 1 rings (SSSR count). The summed E-state index contributed by atoms with van der Waals surface area (Å²) in [5.41, 5.74) is 7.85. The highest BCUT2D eigenvalue weighted by atomic mass is 32.2. The number of rotatable bonds is 4. The Morgan fingerprint density at radius 3 is 2.70 bits per heavy atom. The summed E-state index contributed by atoms with van der Waals surface area (Å²) in [6.45, 7) is 7.11. The van der Waals surface area contributed by atoms with Crippen LogP contribution in [0.2, 0.25) is 0 Å². The molecule has 1 aromatic carbocycles. The lowest BCUT2D eigenvalue weighted by molar-refractivity contribution is 0.0950. The average molecular weight is 290 g/mol. The third-order valence-electron chi connectivity index (χ3n) is 2.90. The van der Waals surface area contributed by atoms with Gasteiger partial charge in [0.15, 0.2) is 0 Å². The van der Waals surface area contributed by atoms with Gasteiger partial charge >= 0.3 is 0 Å². The molecule has 108 valence electrons. The molecule has 0 spiro atoms. The number of carbonyl (C=O) groups is 1. The molecule has 3 N–H and O–H groups in total. The molecule has 1 aromatic rings. The van der Waals surface area contributed by atoms with Crippen LogP contribution in [0.25, 0.3) is 0 Å². The second-order valence-corrected chi connectivity index (χ2v) is 6.75. The molecule has 0 radical (unpaired) electrons. The highest BCUT2D eigenvalue weighted by Gasteiger charge is 2.17. The van der Waals surface area contributed by atoms with Gasteiger partial charge in [-0.2, -0.15) is 11.8 Å². The lowest BCUT2D eigenvalue weighted by Crippen LogP contribution is -2.36. The van der Waals surface area contributed by atoms with Crippen LogP contribution in [-0.2, 0) is 0 Å². The fraction of sp³-hybridized carbons (Fsp3) is 0.438. The fourth-order valence-corrected chi connectivity index (χ4v) is 1.82. The molecule has 3 nitrogen and oxygen atoms in total. The summed E-state index contributed by atoms with van der Waals surface area (Å²) in [7, 11) is 0. The molecule has 0 saturated heterocycles. The van der Waals surface area contributed by atoms with Crippen molar-refractivity contribution in [3.63, 3.8) is 0 Å². The van der Waals surface area contributed by atoms with Crippen LogP contribution in [0.3, 0.4) is 0 Å². The standard InChI is InChI=1S/C16H22N2OS/c1-12-8-13(6-5-7-17)10-14(9-12)15(19)18-11-16(2,3)20-4/h8-10H,7,11,17H2,1-4H3,(H,18,19). The third-order valence-corrected chi connectivity index (χ3v) is 4.15. The van der Waals surface area contributed by atoms with Gasteiger partial charge < -0.3 is 11.1 Å². The van der Waals surface area contributed by atoms with E-state index in [1.54, 1.807) is 17.8 Å². The highest BCUT2D eigenvalue weighted by Crippen LogP contribution is 2.19. The van der Waals surface area contributed by atoms with Crippen LogP contribution in [0.4, 0.5) is 0 Å². The molecule has 4 heteroatoms. The van der Waals surface area contributed by atoms with Crippen LogP contribution >= 0.6 is 11.8 Å². The average Bonchev–Trinajstić information content (AvgIpc) is 2.42. The van der Waals surface area contributed by atoms with Crippen LogP contribution in [0, 0.1) is 18.8 Å². The van der Waals surface area contributed by atoms with Gasteiger partial charge in [-0.15, -0.1) is 0 Å². The summed E-state index contributed by atoms with van der Waals surface area (Å²) in [4.78, 5) is 12.2. The molecule has 0 bridgehead atoms. The normalized spacial score (nSPS) is 10.7. The van der Waals surface area contributed by atoms with Crippen LogP contribution in [0.1, 0.15) is 35.3 Å². The number of carbonyl (C=O) groups excluding carboxylic acids is 1. The molecule has 0 heterocycles. The van der Waals surface area contributed by atoms with Gasteiger partial charge in [-0.05, 0) is 50.8 Å². The highest BCUT2D eigenvalue weighted by molar-refractivity contribution is 7.99. The third kappa shape index (κ3) is 5.28. The van der Waals surface area contributed by atoms with E-state index < -0.39 is 0 Å². The van der Waals surface area contributed by atoms with Gasteiger partial charge in [0.2, 0.25) is 0 Å². The molecule has 20 heavy (non-hydrogen) atoms. The predicted octanol–water partition coefficient (Wildman–Crippen LogP) is 2.18. The summed E-state index contributed by atoms with van der Waals surface area (Å²) in [5, 5.41) is 2.97. The van der Waals surface area contributed by atoms with Gasteiger partial charge in [-0.3, -0.25) is 4.79 Å². The smallest absolute Gasteiger partial charge is 0.251 e. The van der Waals surface area contributed by atoms with E-state index in [0.717, 1.165) is 11.1 Å². The number of thioether (sulfide) groups is 1. The molecule has 0 atom stereocenters. The van der Waals surface area contributed by atoms with Crippen LogP contribution in [0.5, 0.6) is 0 Å². The Morgan fingerprint density at radius 2 is 2.10 bits per heavy atom. The maximum absolute atomic E-state index is 12.2. The zero-order valence-electron chi connectivity index (χ0n) is 12.5. The molecule has 0 saturated carbocycles. The quantitative estimate of drug-likeness (QED) is 0.836. The molecule has 0 aliphatic carbocycles. The number of hydrogen-bond donors (Lipinski definition) is 2. The van der Waals surface area contributed by atoms with E-state index in [0.29, 0.717) is 18.7 Å². The van der Waals surface area contributed by atoms with E-state index in [4.69, 9.17) is 5.73 Å². The first kappa shape index (κ1) is 16.6. The summed E-state index contributed by atoms with van der Waals surface area (Å²) in [5.74, 6) is 5.71. The zero-order valence-corrected chi connectivity index (χ0v) is 13.4. The number of benzene rings is 1. The Labute approximate surface area is 125 Å². The van der Waals surface area contributed by atoms with Crippen LogP contribution in [-0.4, -0.2) is 30.0 Å². The van der Waals surface area contributed by atoms with Crippen molar-refractivity contribution in [2.75, 3.05) is 19.3 Å². The monoisotopic (exact) mass is 290 g/mol. The van der Waals surface area contributed by atoms with Crippen molar-refractivity contribution < 1.29 is 4.79 Å². The number of amides is 1. The molecule has 0 fully saturated rings. The Morgan fingerprint density at radius 1 is 1.40 bits per heavy atom. The lowest BCUT2D eigenvalue weighted by Gasteiger charge is -2.22. The van der Waals surface area contributed by atoms with E-state index >= 15 is 0 Å². The van der Waals surface area contributed by atoms with Crippen LogP contribution in [0.15, 0.2) is 18.2 Å². The molecule has 0 aliphatic rings. The molecular weight excluding hydrogens is 268 g/mol. The van der Waals surface area contributed by atoms with Crippen molar-refractivity contribution in [1.82, 2.24) is 5.32 Å². The fourth-order valence-electron chi connectivity index (χ4n) is 1.61. The largest absolute Gasteiger partial charge is 0.351 e. The second kappa shape index (κ2) is 7.37. The maximum Gasteiger partial charge on any atom is 0.251 e. The van der Waals surface area contributed by atoms with Gasteiger partial charge in [-0.25, -0.2) is 0 Å². The maximum atomic E-state index is 12.2. The molecular formula is C16H22N2OS. The first-order valence-corrected chi connectivity index (χ1v) is 7.74. The van der Waals surface area contributed by atoms with Crippen molar-refractivity contribution in [2.24, 2.45) is 5.73 Å². The number of hydrogen-bond acceptors (Lipinski definition) is 3. The van der Waals surface area contributed by atoms with Gasteiger partial charge in [-0.1, -0.05) is 11.8 Å². The SMILES string of the molecule is CSC(C)(C)CNC(=O)c1cc(C)cc(C#CCN)c1. The molecule has 0 unspecified atom stereocenters. The van der Waals surface area contributed by atoms with E-state index in [1.165, 1.54) is 0 Å². The summed E-state index contributed by atoms with van der Waals surface area (Å²) < 4.78 is 0.0294. The van der Waals surface area contributed by atoms with Crippen LogP contribution < -0.4 is 11.1 Å².